The van der Waals surface area contributed by atoms with E-state index in [1.165, 1.54) is 4.90 Å². The number of amides is 2. The van der Waals surface area contributed by atoms with Gasteiger partial charge in [0.25, 0.3) is 0 Å². The molecule has 0 saturated carbocycles. The quantitative estimate of drug-likeness (QED) is 0.438. The van der Waals surface area contributed by atoms with E-state index in [-0.39, 0.29) is 19.5 Å². The average Bonchev–Trinajstić information content (AvgIpc) is 2.00. The smallest absolute Gasteiger partial charge is 0.303 e. The highest BCUT2D eigenvalue weighted by Crippen LogP contribution is 1.95. The maximum Gasteiger partial charge on any atom is 0.303 e. The van der Waals surface area contributed by atoms with Crippen LogP contribution in [-0.4, -0.2) is 47.4 Å². The molecule has 0 atom stereocenters. The van der Waals surface area contributed by atoms with Gasteiger partial charge in [-0.2, -0.15) is 0 Å². The summed E-state index contributed by atoms with van der Waals surface area (Å²) in [6.07, 6.45) is 0.323. The number of carbonyl (C=O) groups excluding carboxylic acids is 2. The monoisotopic (exact) mass is 217 g/mol. The number of nitrogens with two attached hydrogens (primary N) is 2. The van der Waals surface area contributed by atoms with Crippen LogP contribution in [0.3, 0.4) is 0 Å². The number of nitrogens with zero attached hydrogens (tertiary/aromatic N) is 1. The summed E-state index contributed by atoms with van der Waals surface area (Å²) in [4.78, 5) is 32.8. The van der Waals surface area contributed by atoms with Crippen LogP contribution in [0.5, 0.6) is 0 Å². The Bertz CT molecular complexity index is 238. The SMILES string of the molecule is NC(=O)CN(CCCC(=O)O)CC(N)=O. The lowest BCUT2D eigenvalue weighted by molar-refractivity contribution is -0.137. The molecule has 0 aliphatic rings. The lowest BCUT2D eigenvalue weighted by Gasteiger charge is -2.17. The summed E-state index contributed by atoms with van der Waals surface area (Å²) in [5.74, 6) is -2.08. The van der Waals surface area contributed by atoms with Gasteiger partial charge in [-0.3, -0.25) is 19.3 Å². The summed E-state index contributed by atoms with van der Waals surface area (Å²) in [5.41, 5.74) is 9.90. The molecular weight excluding hydrogens is 202 g/mol. The van der Waals surface area contributed by atoms with E-state index in [0.29, 0.717) is 13.0 Å². The Kier molecular flexibility index (Phi) is 6.03. The first-order valence-electron chi connectivity index (χ1n) is 4.42. The van der Waals surface area contributed by atoms with Crippen LogP contribution in [-0.2, 0) is 14.4 Å². The Morgan fingerprint density at radius 2 is 1.53 bits per heavy atom. The lowest BCUT2D eigenvalue weighted by Crippen LogP contribution is -2.40. The fourth-order valence-electron chi connectivity index (χ4n) is 1.11. The molecular formula is C8H15N3O4. The van der Waals surface area contributed by atoms with Gasteiger partial charge in [-0.05, 0) is 13.0 Å². The number of rotatable bonds is 8. The van der Waals surface area contributed by atoms with Gasteiger partial charge in [0, 0.05) is 6.42 Å². The van der Waals surface area contributed by atoms with E-state index >= 15 is 0 Å². The zero-order valence-electron chi connectivity index (χ0n) is 8.31. The molecule has 0 aliphatic heterocycles. The minimum Gasteiger partial charge on any atom is -0.481 e. The van der Waals surface area contributed by atoms with E-state index in [1.807, 2.05) is 0 Å². The summed E-state index contributed by atoms with van der Waals surface area (Å²) in [7, 11) is 0. The Morgan fingerprint density at radius 1 is 1.07 bits per heavy atom. The van der Waals surface area contributed by atoms with Crippen molar-refractivity contribution in [1.29, 1.82) is 0 Å². The van der Waals surface area contributed by atoms with Crippen molar-refractivity contribution in [3.8, 4) is 0 Å². The molecule has 0 aliphatic carbocycles. The van der Waals surface area contributed by atoms with Gasteiger partial charge in [0.15, 0.2) is 0 Å². The van der Waals surface area contributed by atoms with Crippen molar-refractivity contribution in [3.63, 3.8) is 0 Å². The molecule has 7 nitrogen and oxygen atoms in total. The van der Waals surface area contributed by atoms with E-state index in [9.17, 15) is 14.4 Å². The molecule has 0 rings (SSSR count). The number of aliphatic carboxylic acids is 1. The third kappa shape index (κ3) is 8.69. The van der Waals surface area contributed by atoms with Gasteiger partial charge < -0.3 is 16.6 Å². The van der Waals surface area contributed by atoms with Crippen LogP contribution in [0.2, 0.25) is 0 Å². The molecule has 0 spiro atoms. The number of hydrogen-bond acceptors (Lipinski definition) is 4. The van der Waals surface area contributed by atoms with E-state index in [0.717, 1.165) is 0 Å². The Balaban J connectivity index is 3.94. The Hall–Kier alpha value is -1.63. The van der Waals surface area contributed by atoms with Crippen LogP contribution in [0.25, 0.3) is 0 Å². The minimum atomic E-state index is -0.923. The van der Waals surface area contributed by atoms with Crippen molar-refractivity contribution >= 4 is 17.8 Å². The zero-order valence-corrected chi connectivity index (χ0v) is 8.31. The van der Waals surface area contributed by atoms with Crippen molar-refractivity contribution in [2.24, 2.45) is 11.5 Å². The fraction of sp³-hybridized carbons (Fsp3) is 0.625. The van der Waals surface area contributed by atoms with Crippen LogP contribution in [0.1, 0.15) is 12.8 Å². The zero-order chi connectivity index (χ0) is 11.8. The van der Waals surface area contributed by atoms with Gasteiger partial charge in [-0.15, -0.1) is 0 Å². The Morgan fingerprint density at radius 3 is 1.87 bits per heavy atom. The number of carboxylic acids is 1. The summed E-state index contributed by atoms with van der Waals surface area (Å²) in [5, 5.41) is 8.39. The second kappa shape index (κ2) is 6.77. The molecule has 5 N–H and O–H groups in total. The second-order valence-electron chi connectivity index (χ2n) is 3.14. The standard InChI is InChI=1S/C8H15N3O4/c9-6(12)4-11(5-7(10)13)3-1-2-8(14)15/h1-5H2,(H2,9,12)(H2,10,13)(H,14,15). The van der Waals surface area contributed by atoms with Crippen LogP contribution < -0.4 is 11.5 Å². The molecule has 0 unspecified atom stereocenters. The lowest BCUT2D eigenvalue weighted by atomic mass is 10.3. The van der Waals surface area contributed by atoms with Crippen molar-refractivity contribution in [1.82, 2.24) is 4.90 Å². The molecule has 0 aromatic carbocycles. The molecule has 0 bridgehead atoms. The topological polar surface area (TPSA) is 127 Å². The summed E-state index contributed by atoms with van der Waals surface area (Å²) in [6.45, 7) is 0.114. The van der Waals surface area contributed by atoms with Gasteiger partial charge in [0.1, 0.15) is 0 Å². The normalized spacial score (nSPS) is 10.2. The molecule has 0 heterocycles. The maximum absolute atomic E-state index is 10.6. The predicted molar refractivity (Wildman–Crippen MR) is 51.7 cm³/mol. The van der Waals surface area contributed by atoms with E-state index < -0.39 is 17.8 Å². The van der Waals surface area contributed by atoms with Gasteiger partial charge in [-0.25, -0.2) is 0 Å². The largest absolute Gasteiger partial charge is 0.481 e. The van der Waals surface area contributed by atoms with Crippen molar-refractivity contribution in [3.05, 3.63) is 0 Å². The number of carbonyl (C=O) groups is 3. The molecule has 15 heavy (non-hydrogen) atoms. The highest BCUT2D eigenvalue weighted by molar-refractivity contribution is 5.79. The van der Waals surface area contributed by atoms with Gasteiger partial charge >= 0.3 is 5.97 Å². The molecule has 0 aromatic heterocycles. The molecule has 0 fully saturated rings. The summed E-state index contributed by atoms with van der Waals surface area (Å²) < 4.78 is 0. The molecule has 0 aromatic rings. The van der Waals surface area contributed by atoms with E-state index in [1.54, 1.807) is 0 Å². The van der Waals surface area contributed by atoms with Crippen molar-refractivity contribution < 1.29 is 19.5 Å². The van der Waals surface area contributed by atoms with Crippen LogP contribution in [0.15, 0.2) is 0 Å². The Labute approximate surface area is 87.0 Å². The molecule has 0 saturated heterocycles. The highest BCUT2D eigenvalue weighted by atomic mass is 16.4. The molecule has 0 radical (unpaired) electrons. The van der Waals surface area contributed by atoms with Gasteiger partial charge in [-0.1, -0.05) is 0 Å². The molecule has 7 heteroatoms. The number of carboxylic acid groups (broad SMARTS) is 1. The number of primary amides is 2. The summed E-state index contributed by atoms with van der Waals surface area (Å²) >= 11 is 0. The van der Waals surface area contributed by atoms with E-state index in [4.69, 9.17) is 16.6 Å². The predicted octanol–water partition coefficient (Wildman–Crippen LogP) is -1.88. The maximum atomic E-state index is 10.6. The third-order valence-corrected chi connectivity index (χ3v) is 1.62. The highest BCUT2D eigenvalue weighted by Gasteiger charge is 2.11. The first-order valence-corrected chi connectivity index (χ1v) is 4.42. The van der Waals surface area contributed by atoms with Crippen LogP contribution in [0, 0.1) is 0 Å². The third-order valence-electron chi connectivity index (χ3n) is 1.62. The molecule has 2 amide bonds. The first-order chi connectivity index (χ1) is 6.91. The average molecular weight is 217 g/mol. The number of hydrogen-bond donors (Lipinski definition) is 3. The van der Waals surface area contributed by atoms with Crippen molar-refractivity contribution in [2.75, 3.05) is 19.6 Å². The minimum absolute atomic E-state index is 0.0198. The van der Waals surface area contributed by atoms with Gasteiger partial charge in [0.2, 0.25) is 11.8 Å². The van der Waals surface area contributed by atoms with Crippen LogP contribution >= 0.6 is 0 Å². The summed E-state index contributed by atoms with van der Waals surface area (Å²) in [6, 6.07) is 0. The first kappa shape index (κ1) is 13.4. The molecule has 86 valence electrons. The van der Waals surface area contributed by atoms with Crippen LogP contribution in [0.4, 0.5) is 0 Å². The van der Waals surface area contributed by atoms with E-state index in [2.05, 4.69) is 0 Å². The van der Waals surface area contributed by atoms with Crippen molar-refractivity contribution in [2.45, 2.75) is 12.8 Å². The van der Waals surface area contributed by atoms with Gasteiger partial charge in [0.05, 0.1) is 13.1 Å². The fourth-order valence-corrected chi connectivity index (χ4v) is 1.11. The second-order valence-corrected chi connectivity index (χ2v) is 3.14.